The average molecular weight is 323 g/mol. The molecule has 0 saturated carbocycles. The Bertz CT molecular complexity index is 767. The minimum Gasteiger partial charge on any atom is -0.377 e. The molecular formula is C14H15F2N5O2. The molecular weight excluding hydrogens is 308 g/mol. The summed E-state index contributed by atoms with van der Waals surface area (Å²) < 4.78 is 33.6. The zero-order valence-electron chi connectivity index (χ0n) is 12.4. The highest BCUT2D eigenvalue weighted by Gasteiger charge is 2.27. The van der Waals surface area contributed by atoms with Gasteiger partial charge in [0.1, 0.15) is 24.4 Å². The molecule has 0 radical (unpaired) electrons. The molecule has 23 heavy (non-hydrogen) atoms. The van der Waals surface area contributed by atoms with E-state index in [4.69, 9.17) is 4.74 Å². The number of morpholine rings is 1. The van der Waals surface area contributed by atoms with E-state index in [0.717, 1.165) is 6.20 Å². The monoisotopic (exact) mass is 323 g/mol. The van der Waals surface area contributed by atoms with Gasteiger partial charge in [-0.3, -0.25) is 9.36 Å². The zero-order chi connectivity index (χ0) is 16.4. The van der Waals surface area contributed by atoms with Crippen molar-refractivity contribution >= 4 is 5.95 Å². The minimum absolute atomic E-state index is 0.0657. The summed E-state index contributed by atoms with van der Waals surface area (Å²) >= 11 is 0. The predicted molar refractivity (Wildman–Crippen MR) is 78.4 cm³/mol. The molecule has 1 aliphatic rings. The van der Waals surface area contributed by atoms with Crippen molar-refractivity contribution in [2.45, 2.75) is 6.04 Å². The fourth-order valence-corrected chi connectivity index (χ4v) is 2.45. The lowest BCUT2D eigenvalue weighted by molar-refractivity contribution is 0.0846. The molecule has 1 saturated heterocycles. The maximum Gasteiger partial charge on any atom is 0.255 e. The van der Waals surface area contributed by atoms with Crippen LogP contribution in [0.5, 0.6) is 0 Å². The Morgan fingerprint density at radius 3 is 3.04 bits per heavy atom. The van der Waals surface area contributed by atoms with Crippen LogP contribution < -0.4 is 10.5 Å². The van der Waals surface area contributed by atoms with Gasteiger partial charge < -0.3 is 9.64 Å². The van der Waals surface area contributed by atoms with Gasteiger partial charge in [-0.25, -0.2) is 23.7 Å². The molecule has 0 spiro atoms. The number of rotatable bonds is 3. The van der Waals surface area contributed by atoms with E-state index in [1.54, 1.807) is 4.90 Å². The summed E-state index contributed by atoms with van der Waals surface area (Å²) in [5, 5.41) is 0. The molecule has 3 rings (SSSR count). The van der Waals surface area contributed by atoms with Crippen LogP contribution in [-0.4, -0.2) is 52.0 Å². The Balaban J connectivity index is 2.11. The Morgan fingerprint density at radius 2 is 2.30 bits per heavy atom. The highest BCUT2D eigenvalue weighted by atomic mass is 19.1. The van der Waals surface area contributed by atoms with Gasteiger partial charge in [-0.1, -0.05) is 0 Å². The van der Waals surface area contributed by atoms with E-state index in [-0.39, 0.29) is 29.5 Å². The van der Waals surface area contributed by atoms with Crippen molar-refractivity contribution in [2.24, 2.45) is 7.05 Å². The van der Waals surface area contributed by atoms with Gasteiger partial charge in [0.25, 0.3) is 5.56 Å². The SMILES string of the molecule is Cn1c(N2CCOC[C@H]2CF)nc(-c2ncncc2F)cc1=O. The van der Waals surface area contributed by atoms with E-state index < -0.39 is 18.5 Å². The fraction of sp³-hybridized carbons (Fsp3) is 0.429. The number of ether oxygens (including phenoxy) is 1. The number of alkyl halides is 1. The molecule has 0 aromatic carbocycles. The highest BCUT2D eigenvalue weighted by molar-refractivity contribution is 5.56. The van der Waals surface area contributed by atoms with Crippen molar-refractivity contribution in [2.75, 3.05) is 31.3 Å². The normalized spacial score (nSPS) is 18.2. The molecule has 0 unspecified atom stereocenters. The first-order valence-electron chi connectivity index (χ1n) is 7.06. The molecule has 1 fully saturated rings. The predicted octanol–water partition coefficient (Wildman–Crippen LogP) is 0.551. The fourth-order valence-electron chi connectivity index (χ4n) is 2.45. The van der Waals surface area contributed by atoms with Crippen LogP contribution in [-0.2, 0) is 11.8 Å². The first-order chi connectivity index (χ1) is 11.1. The summed E-state index contributed by atoms with van der Waals surface area (Å²) in [5.41, 5.74) is -0.358. The van der Waals surface area contributed by atoms with Crippen molar-refractivity contribution in [3.05, 3.63) is 34.8 Å². The Hall–Kier alpha value is -2.42. The summed E-state index contributed by atoms with van der Waals surface area (Å²) in [7, 11) is 1.54. The van der Waals surface area contributed by atoms with E-state index >= 15 is 0 Å². The molecule has 1 aliphatic heterocycles. The summed E-state index contributed by atoms with van der Waals surface area (Å²) in [6, 6.07) is 0.659. The second kappa shape index (κ2) is 6.37. The van der Waals surface area contributed by atoms with Crippen molar-refractivity contribution in [1.82, 2.24) is 19.5 Å². The van der Waals surface area contributed by atoms with E-state index in [0.29, 0.717) is 13.2 Å². The maximum absolute atomic E-state index is 13.9. The number of hydrogen-bond acceptors (Lipinski definition) is 6. The van der Waals surface area contributed by atoms with Gasteiger partial charge in [0.15, 0.2) is 5.82 Å². The van der Waals surface area contributed by atoms with Crippen LogP contribution in [0.4, 0.5) is 14.7 Å². The van der Waals surface area contributed by atoms with Gasteiger partial charge >= 0.3 is 0 Å². The van der Waals surface area contributed by atoms with Crippen LogP contribution in [0.15, 0.2) is 23.4 Å². The number of nitrogens with zero attached hydrogens (tertiary/aromatic N) is 5. The Kier molecular flexibility index (Phi) is 4.28. The van der Waals surface area contributed by atoms with Crippen molar-refractivity contribution in [3.63, 3.8) is 0 Å². The van der Waals surface area contributed by atoms with E-state index in [1.165, 1.54) is 24.0 Å². The third-order valence-corrected chi connectivity index (χ3v) is 3.68. The number of halogens is 2. The van der Waals surface area contributed by atoms with E-state index in [9.17, 15) is 13.6 Å². The first kappa shape index (κ1) is 15.5. The number of aromatic nitrogens is 4. The van der Waals surface area contributed by atoms with E-state index in [1.807, 2.05) is 0 Å². The van der Waals surface area contributed by atoms with Gasteiger partial charge in [0.05, 0.1) is 25.5 Å². The van der Waals surface area contributed by atoms with Crippen molar-refractivity contribution < 1.29 is 13.5 Å². The Labute approximate surface area is 130 Å². The summed E-state index contributed by atoms with van der Waals surface area (Å²) in [4.78, 5) is 25.6. The van der Waals surface area contributed by atoms with Crippen LogP contribution in [0.1, 0.15) is 0 Å². The van der Waals surface area contributed by atoms with Gasteiger partial charge in [-0.15, -0.1) is 0 Å². The highest BCUT2D eigenvalue weighted by Crippen LogP contribution is 2.21. The first-order valence-corrected chi connectivity index (χ1v) is 7.06. The van der Waals surface area contributed by atoms with Crippen LogP contribution in [0, 0.1) is 5.82 Å². The van der Waals surface area contributed by atoms with E-state index in [2.05, 4.69) is 15.0 Å². The van der Waals surface area contributed by atoms with Gasteiger partial charge in [-0.2, -0.15) is 0 Å². The molecule has 0 N–H and O–H groups in total. The lowest BCUT2D eigenvalue weighted by Crippen LogP contribution is -2.49. The van der Waals surface area contributed by atoms with Crippen molar-refractivity contribution in [3.8, 4) is 11.4 Å². The largest absolute Gasteiger partial charge is 0.377 e. The van der Waals surface area contributed by atoms with Crippen LogP contribution in [0.25, 0.3) is 11.4 Å². The molecule has 0 amide bonds. The maximum atomic E-state index is 13.9. The molecule has 7 nitrogen and oxygen atoms in total. The van der Waals surface area contributed by atoms with Gasteiger partial charge in [-0.05, 0) is 0 Å². The van der Waals surface area contributed by atoms with Crippen LogP contribution in [0.2, 0.25) is 0 Å². The van der Waals surface area contributed by atoms with Crippen LogP contribution >= 0.6 is 0 Å². The molecule has 3 heterocycles. The molecule has 0 bridgehead atoms. The average Bonchev–Trinajstić information content (AvgIpc) is 2.58. The second-order valence-electron chi connectivity index (χ2n) is 5.13. The molecule has 2 aromatic heterocycles. The van der Waals surface area contributed by atoms with Gasteiger partial charge in [0, 0.05) is 19.7 Å². The summed E-state index contributed by atoms with van der Waals surface area (Å²) in [6.45, 7) is 0.365. The number of hydrogen-bond donors (Lipinski definition) is 0. The molecule has 1 atom stereocenters. The third-order valence-electron chi connectivity index (χ3n) is 3.68. The van der Waals surface area contributed by atoms with Crippen LogP contribution in [0.3, 0.4) is 0 Å². The smallest absolute Gasteiger partial charge is 0.255 e. The number of anilines is 1. The van der Waals surface area contributed by atoms with Gasteiger partial charge in [0.2, 0.25) is 5.95 Å². The second-order valence-corrected chi connectivity index (χ2v) is 5.13. The molecule has 0 aliphatic carbocycles. The third kappa shape index (κ3) is 2.91. The summed E-state index contributed by atoms with van der Waals surface area (Å²) in [5.74, 6) is -0.417. The lowest BCUT2D eigenvalue weighted by Gasteiger charge is -2.35. The molecule has 2 aromatic rings. The zero-order valence-corrected chi connectivity index (χ0v) is 12.4. The quantitative estimate of drug-likeness (QED) is 0.821. The molecule has 122 valence electrons. The molecule has 9 heteroatoms. The standard InChI is InChI=1S/C14H15F2N5O2/c1-20-12(22)4-11(13-10(16)6-17-8-18-13)19-14(20)21-2-3-23-7-9(21)5-15/h4,6,8-9H,2-3,5,7H2,1H3/t9-/m1/s1. The van der Waals surface area contributed by atoms with Crippen molar-refractivity contribution in [1.29, 1.82) is 0 Å². The lowest BCUT2D eigenvalue weighted by atomic mass is 10.2. The summed E-state index contributed by atoms with van der Waals surface area (Å²) in [6.07, 6.45) is 2.18. The Morgan fingerprint density at radius 1 is 1.48 bits per heavy atom. The minimum atomic E-state index is -0.678. The topological polar surface area (TPSA) is 73.1 Å².